The number of halogens is 2. The van der Waals surface area contributed by atoms with Crippen LogP contribution in [0.4, 0.5) is 10.2 Å². The largest absolute Gasteiger partial charge is 0.356 e. The first-order chi connectivity index (χ1) is 8.20. The quantitative estimate of drug-likeness (QED) is 0.823. The van der Waals surface area contributed by atoms with Crippen LogP contribution in [0.15, 0.2) is 30.5 Å². The summed E-state index contributed by atoms with van der Waals surface area (Å²) in [7, 11) is 0. The lowest BCUT2D eigenvalue weighted by Crippen LogP contribution is -2.12. The molecular weight excluding hydrogens is 243 g/mol. The molecule has 0 radical (unpaired) electrons. The molecule has 0 bridgehead atoms. The van der Waals surface area contributed by atoms with E-state index in [-0.39, 0.29) is 17.6 Å². The van der Waals surface area contributed by atoms with Crippen molar-refractivity contribution in [1.29, 1.82) is 0 Å². The number of nitrogens with zero attached hydrogens (tertiary/aromatic N) is 2. The van der Waals surface area contributed by atoms with Crippen LogP contribution >= 0.6 is 11.6 Å². The molecule has 0 aliphatic heterocycles. The van der Waals surface area contributed by atoms with Gasteiger partial charge in [0.05, 0.1) is 12.9 Å². The fraction of sp³-hybridized carbons (Fsp3) is 0.0909. The van der Waals surface area contributed by atoms with Crippen LogP contribution in [0.1, 0.15) is 0 Å². The van der Waals surface area contributed by atoms with Gasteiger partial charge in [-0.1, -0.05) is 11.6 Å². The van der Waals surface area contributed by atoms with Gasteiger partial charge in [-0.3, -0.25) is 0 Å². The average Bonchev–Trinajstić information content (AvgIpc) is 2.33. The standard InChI is InChI=1S/C11H10ClFN4/c12-11-10(7-1-3-8(13)4-2-7)17-9(5-15-11)16-6-14/h1-5H,6,14H2,(H,16,17). The number of benzene rings is 1. The van der Waals surface area contributed by atoms with E-state index in [9.17, 15) is 4.39 Å². The predicted octanol–water partition coefficient (Wildman–Crippen LogP) is 2.26. The van der Waals surface area contributed by atoms with Crippen molar-refractivity contribution in [3.05, 3.63) is 41.4 Å². The van der Waals surface area contributed by atoms with E-state index in [1.807, 2.05) is 0 Å². The third-order valence-corrected chi connectivity index (χ3v) is 2.41. The number of hydrogen-bond acceptors (Lipinski definition) is 4. The number of nitrogens with one attached hydrogen (secondary N) is 1. The average molecular weight is 253 g/mol. The molecule has 1 aromatic heterocycles. The summed E-state index contributed by atoms with van der Waals surface area (Å²) < 4.78 is 12.8. The second-order valence-electron chi connectivity index (χ2n) is 3.28. The van der Waals surface area contributed by atoms with E-state index in [2.05, 4.69) is 15.3 Å². The Morgan fingerprint density at radius 1 is 1.29 bits per heavy atom. The van der Waals surface area contributed by atoms with E-state index in [0.717, 1.165) is 0 Å². The Morgan fingerprint density at radius 2 is 2.00 bits per heavy atom. The molecule has 1 aromatic carbocycles. The van der Waals surface area contributed by atoms with E-state index < -0.39 is 0 Å². The van der Waals surface area contributed by atoms with Crippen molar-refractivity contribution in [2.24, 2.45) is 5.73 Å². The minimum absolute atomic E-state index is 0.249. The zero-order valence-corrected chi connectivity index (χ0v) is 9.58. The molecule has 2 rings (SSSR count). The normalized spacial score (nSPS) is 10.3. The molecular formula is C11H10ClFN4. The fourth-order valence-corrected chi connectivity index (χ4v) is 1.56. The van der Waals surface area contributed by atoms with Crippen molar-refractivity contribution < 1.29 is 4.39 Å². The molecule has 6 heteroatoms. The zero-order valence-electron chi connectivity index (χ0n) is 8.82. The second-order valence-corrected chi connectivity index (χ2v) is 3.64. The van der Waals surface area contributed by atoms with Crippen molar-refractivity contribution in [3.63, 3.8) is 0 Å². The minimum atomic E-state index is -0.311. The molecule has 2 aromatic rings. The molecule has 0 saturated heterocycles. The van der Waals surface area contributed by atoms with Gasteiger partial charge in [-0.2, -0.15) is 0 Å². The second kappa shape index (κ2) is 5.07. The third-order valence-electron chi connectivity index (χ3n) is 2.13. The number of nitrogens with two attached hydrogens (primary N) is 1. The van der Waals surface area contributed by atoms with Crippen LogP contribution in [0, 0.1) is 5.82 Å². The molecule has 0 amide bonds. The van der Waals surface area contributed by atoms with Gasteiger partial charge in [0.1, 0.15) is 17.3 Å². The lowest BCUT2D eigenvalue weighted by atomic mass is 10.1. The van der Waals surface area contributed by atoms with Gasteiger partial charge in [0.2, 0.25) is 0 Å². The van der Waals surface area contributed by atoms with E-state index in [0.29, 0.717) is 17.1 Å². The molecule has 0 aliphatic rings. The van der Waals surface area contributed by atoms with E-state index in [4.69, 9.17) is 17.3 Å². The zero-order chi connectivity index (χ0) is 12.3. The van der Waals surface area contributed by atoms with E-state index in [1.54, 1.807) is 12.1 Å². The molecule has 17 heavy (non-hydrogen) atoms. The SMILES string of the molecule is NCNc1cnc(Cl)c(-c2ccc(F)cc2)n1. The first kappa shape index (κ1) is 11.8. The van der Waals surface area contributed by atoms with Crippen LogP contribution in [0.2, 0.25) is 5.15 Å². The number of aromatic nitrogens is 2. The van der Waals surface area contributed by atoms with Crippen LogP contribution < -0.4 is 11.1 Å². The predicted molar refractivity (Wildman–Crippen MR) is 65.1 cm³/mol. The summed E-state index contributed by atoms with van der Waals surface area (Å²) in [6.45, 7) is 0.249. The Balaban J connectivity index is 2.42. The maximum absolute atomic E-state index is 12.8. The monoisotopic (exact) mass is 252 g/mol. The van der Waals surface area contributed by atoms with Crippen LogP contribution in [0.3, 0.4) is 0 Å². The number of hydrogen-bond donors (Lipinski definition) is 2. The van der Waals surface area contributed by atoms with Crippen LogP contribution in [0.5, 0.6) is 0 Å². The summed E-state index contributed by atoms with van der Waals surface area (Å²) in [5.41, 5.74) is 6.54. The van der Waals surface area contributed by atoms with Crippen molar-refractivity contribution in [2.45, 2.75) is 0 Å². The molecule has 88 valence electrons. The van der Waals surface area contributed by atoms with Crippen molar-refractivity contribution in [3.8, 4) is 11.3 Å². The maximum atomic E-state index is 12.8. The van der Waals surface area contributed by atoms with Gasteiger partial charge in [-0.25, -0.2) is 14.4 Å². The Labute approximate surface area is 103 Å². The molecule has 3 N–H and O–H groups in total. The first-order valence-electron chi connectivity index (χ1n) is 4.93. The molecule has 0 spiro atoms. The molecule has 0 saturated carbocycles. The van der Waals surface area contributed by atoms with Gasteiger partial charge in [0.15, 0.2) is 5.15 Å². The Bertz CT molecular complexity index is 515. The summed E-state index contributed by atoms with van der Waals surface area (Å²) in [5, 5.41) is 3.09. The summed E-state index contributed by atoms with van der Waals surface area (Å²) in [4.78, 5) is 8.24. The van der Waals surface area contributed by atoms with Crippen molar-refractivity contribution >= 4 is 17.4 Å². The summed E-state index contributed by atoms with van der Waals surface area (Å²) in [6, 6.07) is 5.88. The Hall–Kier alpha value is -1.72. The van der Waals surface area contributed by atoms with Crippen molar-refractivity contribution in [1.82, 2.24) is 9.97 Å². The summed E-state index contributed by atoms with van der Waals surface area (Å²) in [6.07, 6.45) is 1.49. The first-order valence-corrected chi connectivity index (χ1v) is 5.31. The summed E-state index contributed by atoms with van der Waals surface area (Å²) in [5.74, 6) is 0.213. The van der Waals surface area contributed by atoms with Crippen molar-refractivity contribution in [2.75, 3.05) is 12.0 Å². The molecule has 4 nitrogen and oxygen atoms in total. The summed E-state index contributed by atoms with van der Waals surface area (Å²) >= 11 is 5.94. The van der Waals surface area contributed by atoms with Crippen LogP contribution in [0.25, 0.3) is 11.3 Å². The maximum Gasteiger partial charge on any atom is 0.155 e. The lowest BCUT2D eigenvalue weighted by molar-refractivity contribution is 0.628. The van der Waals surface area contributed by atoms with Gasteiger partial charge in [-0.15, -0.1) is 0 Å². The Kier molecular flexibility index (Phi) is 3.51. The minimum Gasteiger partial charge on any atom is -0.356 e. The van der Waals surface area contributed by atoms with Gasteiger partial charge < -0.3 is 11.1 Å². The number of anilines is 1. The molecule has 0 fully saturated rings. The highest BCUT2D eigenvalue weighted by molar-refractivity contribution is 6.31. The highest BCUT2D eigenvalue weighted by Gasteiger charge is 2.08. The molecule has 0 unspecified atom stereocenters. The molecule has 0 aliphatic carbocycles. The fourth-order valence-electron chi connectivity index (χ4n) is 1.36. The van der Waals surface area contributed by atoms with Crippen LogP contribution in [-0.4, -0.2) is 16.6 Å². The number of rotatable bonds is 3. The van der Waals surface area contributed by atoms with Gasteiger partial charge >= 0.3 is 0 Å². The van der Waals surface area contributed by atoms with E-state index >= 15 is 0 Å². The molecule has 0 atom stereocenters. The molecule has 1 heterocycles. The van der Waals surface area contributed by atoms with E-state index in [1.165, 1.54) is 18.3 Å². The highest BCUT2D eigenvalue weighted by Crippen LogP contribution is 2.25. The van der Waals surface area contributed by atoms with Gasteiger partial charge in [0.25, 0.3) is 0 Å². The lowest BCUT2D eigenvalue weighted by Gasteiger charge is -2.06. The topological polar surface area (TPSA) is 63.8 Å². The van der Waals surface area contributed by atoms with Gasteiger partial charge in [-0.05, 0) is 24.3 Å². The third kappa shape index (κ3) is 2.69. The Morgan fingerprint density at radius 3 is 2.65 bits per heavy atom. The van der Waals surface area contributed by atoms with Gasteiger partial charge in [0, 0.05) is 5.56 Å². The highest BCUT2D eigenvalue weighted by atomic mass is 35.5. The smallest absolute Gasteiger partial charge is 0.155 e. The van der Waals surface area contributed by atoms with Crippen LogP contribution in [-0.2, 0) is 0 Å².